The first-order chi connectivity index (χ1) is 13.4. The number of rotatable bonds is 6. The second kappa shape index (κ2) is 8.95. The lowest BCUT2D eigenvalue weighted by atomic mass is 10.1. The summed E-state index contributed by atoms with van der Waals surface area (Å²) in [7, 11) is -4.03. The average molecular weight is 439 g/mol. The molecular formula is C18H26N6O3S2. The molecule has 0 unspecified atom stereocenters. The molecule has 9 nitrogen and oxygen atoms in total. The number of urea groups is 1. The molecule has 0 saturated heterocycles. The Morgan fingerprint density at radius 1 is 1.14 bits per heavy atom. The standard InChI is InChI=1S/C18H26N6O3S2/c1-7-24(15-19-14(22-18(3,4)5)20-16(21-15)28-6)17(25)23-29(26,27)13-10-8-12(2)9-11-13/h8-11H,7H2,1-6H3,(H,23,25)(H,19,20,21,22). The van der Waals surface area contributed by atoms with Gasteiger partial charge in [-0.2, -0.15) is 15.0 Å². The molecule has 1 heterocycles. The summed E-state index contributed by atoms with van der Waals surface area (Å²) in [5.74, 6) is 0.370. The highest BCUT2D eigenvalue weighted by Gasteiger charge is 2.25. The molecule has 158 valence electrons. The van der Waals surface area contributed by atoms with Crippen LogP contribution >= 0.6 is 11.8 Å². The van der Waals surface area contributed by atoms with E-state index >= 15 is 0 Å². The van der Waals surface area contributed by atoms with E-state index in [4.69, 9.17) is 0 Å². The van der Waals surface area contributed by atoms with E-state index in [2.05, 4.69) is 25.0 Å². The second-order valence-electron chi connectivity index (χ2n) is 7.29. The maximum Gasteiger partial charge on any atom is 0.338 e. The van der Waals surface area contributed by atoms with E-state index in [1.54, 1.807) is 25.3 Å². The van der Waals surface area contributed by atoms with E-state index in [0.717, 1.165) is 10.5 Å². The summed E-state index contributed by atoms with van der Waals surface area (Å²) in [6, 6.07) is 5.38. The number of amides is 2. The molecule has 0 radical (unpaired) electrons. The number of aryl methyl sites for hydroxylation is 1. The quantitative estimate of drug-likeness (QED) is 0.661. The lowest BCUT2D eigenvalue weighted by Crippen LogP contribution is -2.44. The van der Waals surface area contributed by atoms with Crippen molar-refractivity contribution in [1.29, 1.82) is 0 Å². The first-order valence-corrected chi connectivity index (χ1v) is 11.6. The molecule has 0 aliphatic heterocycles. The van der Waals surface area contributed by atoms with Gasteiger partial charge in [0.05, 0.1) is 4.90 Å². The van der Waals surface area contributed by atoms with Crippen molar-refractivity contribution in [1.82, 2.24) is 19.7 Å². The van der Waals surface area contributed by atoms with Gasteiger partial charge in [0.15, 0.2) is 5.16 Å². The van der Waals surface area contributed by atoms with Gasteiger partial charge in [-0.05, 0) is 53.0 Å². The molecule has 2 aromatic rings. The van der Waals surface area contributed by atoms with Crippen LogP contribution in [0.25, 0.3) is 0 Å². The van der Waals surface area contributed by atoms with Gasteiger partial charge in [-0.1, -0.05) is 29.5 Å². The Labute approximate surface area is 175 Å². The molecule has 0 fully saturated rings. The highest BCUT2D eigenvalue weighted by molar-refractivity contribution is 7.98. The molecule has 2 N–H and O–H groups in total. The van der Waals surface area contributed by atoms with Gasteiger partial charge in [-0.15, -0.1) is 0 Å². The Morgan fingerprint density at radius 3 is 2.28 bits per heavy atom. The van der Waals surface area contributed by atoms with Crippen LogP contribution < -0.4 is 14.9 Å². The monoisotopic (exact) mass is 438 g/mol. The number of hydrogen-bond acceptors (Lipinski definition) is 8. The number of nitrogens with one attached hydrogen (secondary N) is 2. The lowest BCUT2D eigenvalue weighted by molar-refractivity contribution is 0.251. The third kappa shape index (κ3) is 6.29. The van der Waals surface area contributed by atoms with Gasteiger partial charge in [0, 0.05) is 12.1 Å². The van der Waals surface area contributed by atoms with E-state index in [-0.39, 0.29) is 22.9 Å². The number of hydrogen-bond donors (Lipinski definition) is 2. The minimum absolute atomic E-state index is 0.00282. The van der Waals surface area contributed by atoms with Crippen molar-refractivity contribution in [3.05, 3.63) is 29.8 Å². The molecule has 2 amide bonds. The second-order valence-corrected chi connectivity index (χ2v) is 9.74. The Hall–Kier alpha value is -2.40. The summed E-state index contributed by atoms with van der Waals surface area (Å²) in [4.78, 5) is 26.7. The number of carbonyl (C=O) groups excluding carboxylic acids is 1. The Balaban J connectivity index is 2.33. The number of aromatic nitrogens is 3. The zero-order valence-corrected chi connectivity index (χ0v) is 19.0. The van der Waals surface area contributed by atoms with Crippen molar-refractivity contribution in [2.24, 2.45) is 0 Å². The van der Waals surface area contributed by atoms with Crippen molar-refractivity contribution in [2.45, 2.75) is 50.2 Å². The van der Waals surface area contributed by atoms with E-state index in [9.17, 15) is 13.2 Å². The maximum absolute atomic E-state index is 12.7. The summed E-state index contributed by atoms with van der Waals surface area (Å²) in [5.41, 5.74) is 0.613. The largest absolute Gasteiger partial charge is 0.349 e. The molecule has 29 heavy (non-hydrogen) atoms. The number of sulfonamides is 1. The summed E-state index contributed by atoms with van der Waals surface area (Å²) in [6.07, 6.45) is 1.80. The molecule has 0 atom stereocenters. The van der Waals surface area contributed by atoms with Gasteiger partial charge < -0.3 is 5.32 Å². The summed E-state index contributed by atoms with van der Waals surface area (Å²) in [6.45, 7) is 9.58. The molecule has 0 bridgehead atoms. The molecule has 0 spiro atoms. The van der Waals surface area contributed by atoms with Crippen molar-refractivity contribution < 1.29 is 13.2 Å². The Morgan fingerprint density at radius 2 is 1.76 bits per heavy atom. The molecule has 1 aromatic carbocycles. The highest BCUT2D eigenvalue weighted by atomic mass is 32.2. The van der Waals surface area contributed by atoms with Crippen LogP contribution in [0.1, 0.15) is 33.3 Å². The zero-order chi connectivity index (χ0) is 21.8. The minimum atomic E-state index is -4.03. The van der Waals surface area contributed by atoms with E-state index in [1.165, 1.54) is 23.9 Å². The van der Waals surface area contributed by atoms with Crippen molar-refractivity contribution in [3.63, 3.8) is 0 Å². The van der Waals surface area contributed by atoms with E-state index in [0.29, 0.717) is 11.1 Å². The van der Waals surface area contributed by atoms with Gasteiger partial charge in [-0.3, -0.25) is 4.90 Å². The predicted molar refractivity (Wildman–Crippen MR) is 115 cm³/mol. The fraction of sp³-hybridized carbons (Fsp3) is 0.444. The van der Waals surface area contributed by atoms with Crippen molar-refractivity contribution >= 4 is 39.7 Å². The van der Waals surface area contributed by atoms with Crippen LogP contribution in [0.5, 0.6) is 0 Å². The lowest BCUT2D eigenvalue weighted by Gasteiger charge is -2.23. The number of carbonyl (C=O) groups is 1. The fourth-order valence-corrected chi connectivity index (χ4v) is 3.57. The van der Waals surface area contributed by atoms with Gasteiger partial charge in [-0.25, -0.2) is 17.9 Å². The number of nitrogens with zero attached hydrogens (tertiary/aromatic N) is 4. The molecule has 0 saturated carbocycles. The predicted octanol–water partition coefficient (Wildman–Crippen LogP) is 3.04. The Kier molecular flexibility index (Phi) is 7.06. The van der Waals surface area contributed by atoms with E-state index in [1.807, 2.05) is 27.7 Å². The molecule has 2 rings (SSSR count). The smallest absolute Gasteiger partial charge is 0.338 e. The fourth-order valence-electron chi connectivity index (χ4n) is 2.27. The Bertz CT molecular complexity index is 972. The molecule has 1 aromatic heterocycles. The van der Waals surface area contributed by atoms with Crippen LogP contribution in [0.4, 0.5) is 16.7 Å². The number of thioether (sulfide) groups is 1. The summed E-state index contributed by atoms with van der Waals surface area (Å²) < 4.78 is 27.2. The van der Waals surface area contributed by atoms with Crippen LogP contribution in [0.3, 0.4) is 0 Å². The summed E-state index contributed by atoms with van der Waals surface area (Å²) in [5, 5.41) is 3.55. The molecular weight excluding hydrogens is 412 g/mol. The van der Waals surface area contributed by atoms with Crippen LogP contribution in [0, 0.1) is 6.92 Å². The third-order valence-electron chi connectivity index (χ3n) is 3.63. The van der Waals surface area contributed by atoms with Gasteiger partial charge >= 0.3 is 6.03 Å². The normalized spacial score (nSPS) is 11.8. The molecule has 0 aliphatic rings. The molecule has 11 heteroatoms. The van der Waals surface area contributed by atoms with Gasteiger partial charge in [0.25, 0.3) is 10.0 Å². The first kappa shape index (κ1) is 22.9. The SMILES string of the molecule is CCN(C(=O)NS(=O)(=O)c1ccc(C)cc1)c1nc(NC(C)(C)C)nc(SC)n1. The summed E-state index contributed by atoms with van der Waals surface area (Å²) >= 11 is 1.30. The average Bonchev–Trinajstić information content (AvgIpc) is 2.60. The van der Waals surface area contributed by atoms with Crippen LogP contribution in [0.2, 0.25) is 0 Å². The minimum Gasteiger partial charge on any atom is -0.349 e. The highest BCUT2D eigenvalue weighted by Crippen LogP contribution is 2.19. The van der Waals surface area contributed by atoms with Crippen molar-refractivity contribution in [2.75, 3.05) is 23.0 Å². The van der Waals surface area contributed by atoms with Gasteiger partial charge in [0.2, 0.25) is 11.9 Å². The number of anilines is 2. The van der Waals surface area contributed by atoms with Crippen LogP contribution in [0.15, 0.2) is 34.3 Å². The topological polar surface area (TPSA) is 117 Å². The van der Waals surface area contributed by atoms with Crippen LogP contribution in [-0.4, -0.2) is 47.7 Å². The van der Waals surface area contributed by atoms with Crippen molar-refractivity contribution in [3.8, 4) is 0 Å². The number of benzene rings is 1. The van der Waals surface area contributed by atoms with Crippen LogP contribution in [-0.2, 0) is 10.0 Å². The zero-order valence-electron chi connectivity index (χ0n) is 17.3. The van der Waals surface area contributed by atoms with E-state index < -0.39 is 16.1 Å². The molecule has 0 aliphatic carbocycles. The maximum atomic E-state index is 12.7. The van der Waals surface area contributed by atoms with Gasteiger partial charge in [0.1, 0.15) is 0 Å². The third-order valence-corrected chi connectivity index (χ3v) is 5.51. The first-order valence-electron chi connectivity index (χ1n) is 8.94.